The van der Waals surface area contributed by atoms with Crippen molar-refractivity contribution >= 4 is 27.4 Å². The van der Waals surface area contributed by atoms with E-state index in [0.29, 0.717) is 5.82 Å². The Kier molecular flexibility index (Phi) is 2.77. The Morgan fingerprint density at radius 1 is 1.27 bits per heavy atom. The number of rotatable bonds is 2. The Bertz CT molecular complexity index is 925. The number of aromatic amines is 1. The van der Waals surface area contributed by atoms with Crippen molar-refractivity contribution in [3.05, 3.63) is 36.0 Å². The van der Waals surface area contributed by atoms with Crippen LogP contribution in [0, 0.1) is 6.92 Å². The van der Waals surface area contributed by atoms with Crippen molar-refractivity contribution < 1.29 is 0 Å². The number of nitrogen functional groups attached to an aromatic ring is 1. The van der Waals surface area contributed by atoms with Crippen molar-refractivity contribution in [2.45, 2.75) is 6.92 Å². The molecule has 0 amide bonds. The van der Waals surface area contributed by atoms with Crippen LogP contribution in [0.25, 0.3) is 32.2 Å². The molecule has 0 fully saturated rings. The molecule has 3 aromatic heterocycles. The van der Waals surface area contributed by atoms with Gasteiger partial charge in [0.1, 0.15) is 10.7 Å². The van der Waals surface area contributed by atoms with E-state index in [1.54, 1.807) is 11.3 Å². The number of aryl methyl sites for hydroxylation is 2. The van der Waals surface area contributed by atoms with Crippen LogP contribution >= 0.6 is 11.3 Å². The number of H-pyrrole nitrogens is 1. The van der Waals surface area contributed by atoms with Crippen molar-refractivity contribution in [2.75, 3.05) is 5.73 Å². The Labute approximate surface area is 130 Å². The normalized spacial score (nSPS) is 11.4. The molecule has 0 aliphatic heterocycles. The largest absolute Gasteiger partial charge is 0.382 e. The molecule has 1 aromatic carbocycles. The van der Waals surface area contributed by atoms with Gasteiger partial charge in [-0.25, -0.2) is 4.98 Å². The minimum absolute atomic E-state index is 0.442. The molecule has 3 heterocycles. The molecule has 0 bridgehead atoms. The van der Waals surface area contributed by atoms with Crippen molar-refractivity contribution in [2.24, 2.45) is 7.05 Å². The van der Waals surface area contributed by atoms with Gasteiger partial charge in [-0.1, -0.05) is 12.1 Å². The molecular formula is C15H14N6S. The van der Waals surface area contributed by atoms with Crippen LogP contribution in [0.4, 0.5) is 5.82 Å². The fraction of sp³-hybridized carbons (Fsp3) is 0.133. The van der Waals surface area contributed by atoms with E-state index < -0.39 is 0 Å². The fourth-order valence-electron chi connectivity index (χ4n) is 2.42. The number of nitrogens with one attached hydrogen (secondary N) is 1. The lowest BCUT2D eigenvalue weighted by atomic mass is 10.2. The summed E-state index contributed by atoms with van der Waals surface area (Å²) in [6.07, 6.45) is 0. The first-order valence-electron chi connectivity index (χ1n) is 6.84. The molecule has 7 heteroatoms. The van der Waals surface area contributed by atoms with Crippen molar-refractivity contribution in [3.63, 3.8) is 0 Å². The Morgan fingerprint density at radius 3 is 2.82 bits per heavy atom. The third kappa shape index (κ3) is 1.90. The van der Waals surface area contributed by atoms with Gasteiger partial charge in [0.05, 0.1) is 21.5 Å². The van der Waals surface area contributed by atoms with E-state index in [1.807, 2.05) is 42.9 Å². The highest BCUT2D eigenvalue weighted by Crippen LogP contribution is 2.38. The molecule has 0 saturated heterocycles. The van der Waals surface area contributed by atoms with E-state index >= 15 is 0 Å². The molecule has 0 spiro atoms. The molecule has 110 valence electrons. The second-order valence-corrected chi connectivity index (χ2v) is 6.17. The lowest BCUT2D eigenvalue weighted by Gasteiger charge is -1.97. The van der Waals surface area contributed by atoms with Gasteiger partial charge >= 0.3 is 0 Å². The van der Waals surface area contributed by atoms with Crippen molar-refractivity contribution in [1.82, 2.24) is 25.0 Å². The summed E-state index contributed by atoms with van der Waals surface area (Å²) in [5, 5.41) is 12.5. The van der Waals surface area contributed by atoms with Gasteiger partial charge in [0.2, 0.25) is 0 Å². The summed E-state index contributed by atoms with van der Waals surface area (Å²) in [6.45, 7) is 2.01. The molecule has 4 aromatic rings. The molecule has 0 aliphatic rings. The van der Waals surface area contributed by atoms with Crippen LogP contribution in [0.1, 0.15) is 5.69 Å². The minimum Gasteiger partial charge on any atom is -0.382 e. The Morgan fingerprint density at radius 2 is 2.09 bits per heavy atom. The van der Waals surface area contributed by atoms with E-state index in [9.17, 15) is 0 Å². The number of fused-ring (bicyclic) bond motifs is 1. The summed E-state index contributed by atoms with van der Waals surface area (Å²) >= 11 is 1.60. The molecule has 4 rings (SSSR count). The third-order valence-corrected chi connectivity index (χ3v) is 4.73. The van der Waals surface area contributed by atoms with Gasteiger partial charge in [0, 0.05) is 12.7 Å². The van der Waals surface area contributed by atoms with E-state index in [1.165, 1.54) is 0 Å². The monoisotopic (exact) mass is 310 g/mol. The highest BCUT2D eigenvalue weighted by Gasteiger charge is 2.20. The van der Waals surface area contributed by atoms with Gasteiger partial charge in [-0.2, -0.15) is 10.2 Å². The number of hydrogen-bond donors (Lipinski definition) is 2. The second kappa shape index (κ2) is 4.67. The summed E-state index contributed by atoms with van der Waals surface area (Å²) in [6, 6.07) is 10.0. The van der Waals surface area contributed by atoms with E-state index in [-0.39, 0.29) is 0 Å². The van der Waals surface area contributed by atoms with Crippen LogP contribution in [-0.4, -0.2) is 25.0 Å². The van der Waals surface area contributed by atoms with Gasteiger partial charge in [-0.05, 0) is 25.1 Å². The standard InChI is InChI=1S/C15H14N6S/c1-8-7-10(20-21(8)2)13-12(14(16)19-18-13)15-17-9-5-3-4-6-11(9)22-15/h3-7H,1-2H3,(H3,16,18,19). The minimum atomic E-state index is 0.442. The second-order valence-electron chi connectivity index (χ2n) is 5.14. The number of nitrogens with zero attached hydrogens (tertiary/aromatic N) is 4. The van der Waals surface area contributed by atoms with Gasteiger partial charge in [0.25, 0.3) is 0 Å². The summed E-state index contributed by atoms with van der Waals surface area (Å²) in [4.78, 5) is 4.68. The number of anilines is 1. The predicted molar refractivity (Wildman–Crippen MR) is 88.6 cm³/mol. The van der Waals surface area contributed by atoms with Gasteiger partial charge in [0.15, 0.2) is 5.82 Å². The third-order valence-electron chi connectivity index (χ3n) is 3.67. The van der Waals surface area contributed by atoms with Gasteiger partial charge < -0.3 is 5.73 Å². The zero-order valence-corrected chi connectivity index (χ0v) is 13.0. The number of nitrogens with two attached hydrogens (primary N) is 1. The van der Waals surface area contributed by atoms with Crippen LogP contribution in [-0.2, 0) is 7.05 Å². The van der Waals surface area contributed by atoms with Crippen LogP contribution in [0.5, 0.6) is 0 Å². The van der Waals surface area contributed by atoms with Gasteiger partial charge in [-0.15, -0.1) is 11.3 Å². The molecule has 3 N–H and O–H groups in total. The van der Waals surface area contributed by atoms with Crippen LogP contribution in [0.2, 0.25) is 0 Å². The summed E-state index contributed by atoms with van der Waals surface area (Å²) < 4.78 is 2.95. The first-order chi connectivity index (χ1) is 10.6. The van der Waals surface area contributed by atoms with Crippen LogP contribution in [0.3, 0.4) is 0 Å². The highest BCUT2D eigenvalue weighted by molar-refractivity contribution is 7.21. The summed E-state index contributed by atoms with van der Waals surface area (Å²) in [5.74, 6) is 0.442. The molecule has 22 heavy (non-hydrogen) atoms. The predicted octanol–water partition coefficient (Wildman–Crippen LogP) is 2.98. The maximum absolute atomic E-state index is 6.07. The van der Waals surface area contributed by atoms with E-state index in [0.717, 1.165) is 37.9 Å². The highest BCUT2D eigenvalue weighted by atomic mass is 32.1. The SMILES string of the molecule is Cc1cc(-c2[nH]nc(N)c2-c2nc3ccccc3s2)nn1C. The number of hydrogen-bond acceptors (Lipinski definition) is 5. The van der Waals surface area contributed by atoms with Crippen molar-refractivity contribution in [3.8, 4) is 22.0 Å². The Hall–Kier alpha value is -2.67. The van der Waals surface area contributed by atoms with Crippen molar-refractivity contribution in [1.29, 1.82) is 0 Å². The number of thiazole rings is 1. The maximum Gasteiger partial charge on any atom is 0.156 e. The molecular weight excluding hydrogens is 296 g/mol. The lowest BCUT2D eigenvalue weighted by Crippen LogP contribution is -1.93. The van der Waals surface area contributed by atoms with Gasteiger partial charge in [-0.3, -0.25) is 9.78 Å². The summed E-state index contributed by atoms with van der Waals surface area (Å²) in [5.41, 5.74) is 10.5. The smallest absolute Gasteiger partial charge is 0.156 e. The lowest BCUT2D eigenvalue weighted by molar-refractivity contribution is 0.742. The van der Waals surface area contributed by atoms with Crippen LogP contribution < -0.4 is 5.73 Å². The van der Waals surface area contributed by atoms with E-state index in [2.05, 4.69) is 26.3 Å². The average Bonchev–Trinajstić information content (AvgIpc) is 3.16. The van der Waals surface area contributed by atoms with Crippen LogP contribution in [0.15, 0.2) is 30.3 Å². The molecule has 0 aliphatic carbocycles. The fourth-order valence-corrected chi connectivity index (χ4v) is 3.45. The topological polar surface area (TPSA) is 85.4 Å². The zero-order valence-electron chi connectivity index (χ0n) is 12.2. The first-order valence-corrected chi connectivity index (χ1v) is 7.66. The quantitative estimate of drug-likeness (QED) is 0.596. The summed E-state index contributed by atoms with van der Waals surface area (Å²) in [7, 11) is 1.91. The molecule has 0 saturated carbocycles. The maximum atomic E-state index is 6.07. The molecule has 0 radical (unpaired) electrons. The molecule has 0 unspecified atom stereocenters. The number of benzene rings is 1. The number of aromatic nitrogens is 5. The Balaban J connectivity index is 1.93. The zero-order chi connectivity index (χ0) is 15.3. The molecule has 6 nitrogen and oxygen atoms in total. The van der Waals surface area contributed by atoms with E-state index in [4.69, 9.17) is 5.73 Å². The first kappa shape index (κ1) is 13.0. The average molecular weight is 310 g/mol. The number of para-hydroxylation sites is 1. The molecule has 0 atom stereocenters.